The average Bonchev–Trinajstić information content (AvgIpc) is 2.55. The van der Waals surface area contributed by atoms with Crippen molar-refractivity contribution >= 4 is 5.96 Å². The SMILES string of the molecule is CCNC(=NCCCN(CC)CC)NCCc1cccc(F)c1. The standard InChI is InChI=1S/C18H31FN4/c1-4-20-18(21-12-8-14-23(5-2)6-3)22-13-11-16-9-7-10-17(19)15-16/h7,9-10,15H,4-6,8,11-14H2,1-3H3,(H2,20,21,22). The van der Waals surface area contributed by atoms with Crippen molar-refractivity contribution in [1.82, 2.24) is 15.5 Å². The Morgan fingerprint density at radius 2 is 1.96 bits per heavy atom. The van der Waals surface area contributed by atoms with Gasteiger partial charge in [0.05, 0.1) is 0 Å². The van der Waals surface area contributed by atoms with Gasteiger partial charge in [0, 0.05) is 19.6 Å². The second kappa shape index (κ2) is 11.9. The fraction of sp³-hybridized carbons (Fsp3) is 0.611. The average molecular weight is 322 g/mol. The van der Waals surface area contributed by atoms with Crippen LogP contribution in [0.1, 0.15) is 32.8 Å². The van der Waals surface area contributed by atoms with E-state index in [2.05, 4.69) is 41.3 Å². The molecular formula is C18H31FN4. The van der Waals surface area contributed by atoms with E-state index in [9.17, 15) is 4.39 Å². The van der Waals surface area contributed by atoms with Crippen LogP contribution in [0.5, 0.6) is 0 Å². The van der Waals surface area contributed by atoms with Gasteiger partial charge in [0.2, 0.25) is 0 Å². The molecule has 1 rings (SSSR count). The van der Waals surface area contributed by atoms with E-state index < -0.39 is 0 Å². The van der Waals surface area contributed by atoms with Gasteiger partial charge < -0.3 is 15.5 Å². The molecule has 0 heterocycles. The van der Waals surface area contributed by atoms with Crippen molar-refractivity contribution in [2.75, 3.05) is 39.3 Å². The highest BCUT2D eigenvalue weighted by Gasteiger charge is 2.00. The molecule has 0 bridgehead atoms. The number of aliphatic imine (C=N–C) groups is 1. The molecule has 0 atom stereocenters. The van der Waals surface area contributed by atoms with E-state index in [0.29, 0.717) is 0 Å². The van der Waals surface area contributed by atoms with Gasteiger partial charge >= 0.3 is 0 Å². The van der Waals surface area contributed by atoms with Gasteiger partial charge in [-0.05, 0) is 57.1 Å². The van der Waals surface area contributed by atoms with E-state index in [4.69, 9.17) is 0 Å². The fourth-order valence-corrected chi connectivity index (χ4v) is 2.38. The summed E-state index contributed by atoms with van der Waals surface area (Å²) in [5.41, 5.74) is 0.995. The summed E-state index contributed by atoms with van der Waals surface area (Å²) in [5.74, 6) is 0.655. The Labute approximate surface area is 140 Å². The van der Waals surface area contributed by atoms with Crippen LogP contribution in [0.2, 0.25) is 0 Å². The van der Waals surface area contributed by atoms with Gasteiger partial charge in [-0.2, -0.15) is 0 Å². The number of hydrogen-bond acceptors (Lipinski definition) is 2. The molecule has 0 aliphatic rings. The normalized spacial score (nSPS) is 11.8. The summed E-state index contributed by atoms with van der Waals surface area (Å²) in [6.45, 7) is 12.1. The number of nitrogens with zero attached hydrogens (tertiary/aromatic N) is 2. The zero-order chi connectivity index (χ0) is 16.9. The van der Waals surface area contributed by atoms with Gasteiger partial charge in [-0.15, -0.1) is 0 Å². The molecule has 1 aromatic carbocycles. The van der Waals surface area contributed by atoms with Gasteiger partial charge in [-0.25, -0.2) is 4.39 Å². The molecule has 0 aliphatic heterocycles. The van der Waals surface area contributed by atoms with Crippen LogP contribution in [0.15, 0.2) is 29.3 Å². The van der Waals surface area contributed by atoms with Crippen LogP contribution in [-0.2, 0) is 6.42 Å². The summed E-state index contributed by atoms with van der Waals surface area (Å²) in [5, 5.41) is 6.56. The molecule has 4 nitrogen and oxygen atoms in total. The zero-order valence-electron chi connectivity index (χ0n) is 14.7. The highest BCUT2D eigenvalue weighted by Crippen LogP contribution is 2.03. The van der Waals surface area contributed by atoms with Crippen LogP contribution in [0.4, 0.5) is 4.39 Å². The van der Waals surface area contributed by atoms with Crippen LogP contribution in [-0.4, -0.2) is 50.1 Å². The molecule has 0 aliphatic carbocycles. The van der Waals surface area contributed by atoms with Crippen LogP contribution < -0.4 is 10.6 Å². The molecule has 0 saturated heterocycles. The number of benzene rings is 1. The Morgan fingerprint density at radius 1 is 1.17 bits per heavy atom. The van der Waals surface area contributed by atoms with E-state index in [1.165, 1.54) is 6.07 Å². The minimum absolute atomic E-state index is 0.181. The largest absolute Gasteiger partial charge is 0.357 e. The molecule has 23 heavy (non-hydrogen) atoms. The van der Waals surface area contributed by atoms with E-state index in [1.807, 2.05) is 6.07 Å². The third kappa shape index (κ3) is 8.55. The molecule has 1 aromatic rings. The first-order valence-electron chi connectivity index (χ1n) is 8.68. The predicted octanol–water partition coefficient (Wildman–Crippen LogP) is 2.66. The Balaban J connectivity index is 2.34. The molecule has 2 N–H and O–H groups in total. The zero-order valence-corrected chi connectivity index (χ0v) is 14.7. The second-order valence-electron chi connectivity index (χ2n) is 5.45. The molecule has 0 spiro atoms. The predicted molar refractivity (Wildman–Crippen MR) is 96.5 cm³/mol. The molecule has 0 amide bonds. The topological polar surface area (TPSA) is 39.7 Å². The molecule has 0 aromatic heterocycles. The van der Waals surface area contributed by atoms with Crippen molar-refractivity contribution < 1.29 is 4.39 Å². The third-order valence-electron chi connectivity index (χ3n) is 3.74. The number of rotatable bonds is 10. The molecule has 130 valence electrons. The Hall–Kier alpha value is -1.62. The van der Waals surface area contributed by atoms with Crippen molar-refractivity contribution in [3.8, 4) is 0 Å². The summed E-state index contributed by atoms with van der Waals surface area (Å²) >= 11 is 0. The molecule has 0 unspecified atom stereocenters. The number of halogens is 1. The quantitative estimate of drug-likeness (QED) is 0.395. The van der Waals surface area contributed by atoms with Gasteiger partial charge in [-0.3, -0.25) is 4.99 Å². The molecule has 0 saturated carbocycles. The lowest BCUT2D eigenvalue weighted by Gasteiger charge is -2.17. The van der Waals surface area contributed by atoms with Crippen molar-refractivity contribution in [2.45, 2.75) is 33.6 Å². The lowest BCUT2D eigenvalue weighted by Crippen LogP contribution is -2.38. The van der Waals surface area contributed by atoms with Gasteiger partial charge in [0.1, 0.15) is 5.82 Å². The third-order valence-corrected chi connectivity index (χ3v) is 3.74. The van der Waals surface area contributed by atoms with E-state index in [0.717, 1.165) is 63.6 Å². The minimum atomic E-state index is -0.181. The van der Waals surface area contributed by atoms with Crippen LogP contribution in [0.25, 0.3) is 0 Å². The number of guanidine groups is 1. The van der Waals surface area contributed by atoms with E-state index >= 15 is 0 Å². The molecule has 5 heteroatoms. The summed E-state index contributed by atoms with van der Waals surface area (Å²) < 4.78 is 13.1. The lowest BCUT2D eigenvalue weighted by atomic mass is 10.1. The van der Waals surface area contributed by atoms with Crippen LogP contribution >= 0.6 is 0 Å². The second-order valence-corrected chi connectivity index (χ2v) is 5.45. The van der Waals surface area contributed by atoms with Gasteiger partial charge in [0.15, 0.2) is 5.96 Å². The smallest absolute Gasteiger partial charge is 0.191 e. The summed E-state index contributed by atoms with van der Waals surface area (Å²) in [6.07, 6.45) is 1.84. The maximum absolute atomic E-state index is 13.1. The van der Waals surface area contributed by atoms with Crippen LogP contribution in [0.3, 0.4) is 0 Å². The van der Waals surface area contributed by atoms with Crippen molar-refractivity contribution in [3.05, 3.63) is 35.6 Å². The molecule has 0 radical (unpaired) electrons. The molecule has 0 fully saturated rings. The maximum Gasteiger partial charge on any atom is 0.191 e. The minimum Gasteiger partial charge on any atom is -0.357 e. The fourth-order valence-electron chi connectivity index (χ4n) is 2.38. The summed E-state index contributed by atoms with van der Waals surface area (Å²) in [7, 11) is 0. The van der Waals surface area contributed by atoms with Crippen molar-refractivity contribution in [1.29, 1.82) is 0 Å². The van der Waals surface area contributed by atoms with Gasteiger partial charge in [0.25, 0.3) is 0 Å². The number of nitrogens with one attached hydrogen (secondary N) is 2. The van der Waals surface area contributed by atoms with Crippen LogP contribution in [0, 0.1) is 5.82 Å². The number of hydrogen-bond donors (Lipinski definition) is 2. The van der Waals surface area contributed by atoms with E-state index in [1.54, 1.807) is 12.1 Å². The highest BCUT2D eigenvalue weighted by molar-refractivity contribution is 5.79. The maximum atomic E-state index is 13.1. The Kier molecular flexibility index (Phi) is 10.0. The Bertz CT molecular complexity index is 458. The summed E-state index contributed by atoms with van der Waals surface area (Å²) in [6, 6.07) is 6.74. The lowest BCUT2D eigenvalue weighted by molar-refractivity contribution is 0.302. The van der Waals surface area contributed by atoms with Gasteiger partial charge in [-0.1, -0.05) is 26.0 Å². The monoisotopic (exact) mass is 322 g/mol. The van der Waals surface area contributed by atoms with Crippen molar-refractivity contribution in [3.63, 3.8) is 0 Å². The van der Waals surface area contributed by atoms with Crippen molar-refractivity contribution in [2.24, 2.45) is 4.99 Å². The first-order chi connectivity index (χ1) is 11.2. The first kappa shape index (κ1) is 19.4. The molecular weight excluding hydrogens is 291 g/mol. The Morgan fingerprint density at radius 3 is 2.61 bits per heavy atom. The highest BCUT2D eigenvalue weighted by atomic mass is 19.1. The summed E-state index contributed by atoms with van der Waals surface area (Å²) in [4.78, 5) is 7.00. The first-order valence-corrected chi connectivity index (χ1v) is 8.68. The van der Waals surface area contributed by atoms with E-state index in [-0.39, 0.29) is 5.82 Å².